The Bertz CT molecular complexity index is 202. The summed E-state index contributed by atoms with van der Waals surface area (Å²) in [4.78, 5) is 17.0. The average molecular weight is 228 g/mol. The van der Waals surface area contributed by atoms with Crippen LogP contribution in [-0.4, -0.2) is 38.3 Å². The van der Waals surface area contributed by atoms with Gasteiger partial charge in [0.05, 0.1) is 12.2 Å². The van der Waals surface area contributed by atoms with Crippen molar-refractivity contribution in [2.75, 3.05) is 0 Å². The first-order chi connectivity index (χ1) is 6.31. The zero-order chi connectivity index (χ0) is 11.4. The minimum atomic E-state index is -4.61. The number of hydrogen-bond donors (Lipinski definition) is 4. The van der Waals surface area contributed by atoms with E-state index in [2.05, 4.69) is 4.52 Å². The van der Waals surface area contributed by atoms with Gasteiger partial charge in [0.15, 0.2) is 0 Å². The van der Waals surface area contributed by atoms with E-state index in [0.29, 0.717) is 6.42 Å². The summed E-state index contributed by atoms with van der Waals surface area (Å²) in [7, 11) is -4.61. The van der Waals surface area contributed by atoms with Crippen LogP contribution in [0.4, 0.5) is 0 Å². The van der Waals surface area contributed by atoms with E-state index in [1.54, 1.807) is 13.8 Å². The average Bonchev–Trinajstić information content (AvgIpc) is 2.10. The minimum absolute atomic E-state index is 0.212. The lowest BCUT2D eigenvalue weighted by Gasteiger charge is -2.25. The molecule has 7 heteroatoms. The molecule has 0 aliphatic heterocycles. The molecule has 0 heterocycles. The van der Waals surface area contributed by atoms with Crippen molar-refractivity contribution in [2.45, 2.75) is 45.0 Å². The number of phosphoric ester groups is 1. The third kappa shape index (κ3) is 5.05. The van der Waals surface area contributed by atoms with Gasteiger partial charge in [0, 0.05) is 0 Å². The van der Waals surface area contributed by atoms with Gasteiger partial charge in [-0.25, -0.2) is 4.57 Å². The van der Waals surface area contributed by atoms with Gasteiger partial charge in [0.2, 0.25) is 0 Å². The molecule has 0 rings (SSSR count). The van der Waals surface area contributed by atoms with Crippen molar-refractivity contribution in [2.24, 2.45) is 0 Å². The van der Waals surface area contributed by atoms with E-state index in [1.807, 2.05) is 0 Å². The van der Waals surface area contributed by atoms with E-state index in [1.165, 1.54) is 0 Å². The van der Waals surface area contributed by atoms with E-state index in [-0.39, 0.29) is 6.42 Å². The smallest absolute Gasteiger partial charge is 0.390 e. The Morgan fingerprint density at radius 1 is 1.21 bits per heavy atom. The second kappa shape index (κ2) is 5.80. The summed E-state index contributed by atoms with van der Waals surface area (Å²) < 4.78 is 14.8. The quantitative estimate of drug-likeness (QED) is 0.477. The summed E-state index contributed by atoms with van der Waals surface area (Å²) in [5, 5.41) is 18.7. The highest BCUT2D eigenvalue weighted by atomic mass is 31.2. The highest BCUT2D eigenvalue weighted by Crippen LogP contribution is 2.39. The van der Waals surface area contributed by atoms with Gasteiger partial charge in [0.25, 0.3) is 0 Å². The van der Waals surface area contributed by atoms with Gasteiger partial charge in [-0.1, -0.05) is 13.8 Å². The summed E-state index contributed by atoms with van der Waals surface area (Å²) in [6, 6.07) is 0. The van der Waals surface area contributed by atoms with Crippen LogP contribution in [0.2, 0.25) is 0 Å². The van der Waals surface area contributed by atoms with Gasteiger partial charge < -0.3 is 20.0 Å². The second-order valence-electron chi connectivity index (χ2n) is 3.01. The first-order valence-corrected chi connectivity index (χ1v) is 5.94. The fraction of sp³-hybridized carbons (Fsp3) is 1.00. The Labute approximate surface area is 82.8 Å². The largest absolute Gasteiger partial charge is 0.469 e. The van der Waals surface area contributed by atoms with Gasteiger partial charge in [-0.2, -0.15) is 0 Å². The van der Waals surface area contributed by atoms with Gasteiger partial charge >= 0.3 is 7.82 Å². The van der Waals surface area contributed by atoms with E-state index in [0.717, 1.165) is 0 Å². The van der Waals surface area contributed by atoms with E-state index >= 15 is 0 Å². The third-order valence-electron chi connectivity index (χ3n) is 1.87. The molecule has 4 N–H and O–H groups in total. The Hall–Kier alpha value is 0.0300. The molecule has 6 nitrogen and oxygen atoms in total. The Morgan fingerprint density at radius 3 is 2.00 bits per heavy atom. The van der Waals surface area contributed by atoms with Crippen LogP contribution in [0.5, 0.6) is 0 Å². The maximum absolute atomic E-state index is 10.5. The highest BCUT2D eigenvalue weighted by Gasteiger charge is 2.30. The topological polar surface area (TPSA) is 107 Å². The molecule has 0 saturated carbocycles. The lowest BCUT2D eigenvalue weighted by Crippen LogP contribution is -2.37. The molecule has 86 valence electrons. The van der Waals surface area contributed by atoms with Gasteiger partial charge in [0.1, 0.15) is 6.10 Å². The molecule has 14 heavy (non-hydrogen) atoms. The maximum Gasteiger partial charge on any atom is 0.469 e. The fourth-order valence-electron chi connectivity index (χ4n) is 1.04. The molecule has 0 aromatic carbocycles. The lowest BCUT2D eigenvalue weighted by atomic mass is 10.0. The molecule has 3 atom stereocenters. The SMILES string of the molecule is CCC(O)C(O)C(CC)OP(=O)(O)O. The molecule has 0 aromatic heterocycles. The molecule has 0 bridgehead atoms. The van der Waals surface area contributed by atoms with Gasteiger partial charge in [-0.15, -0.1) is 0 Å². The number of aliphatic hydroxyl groups is 2. The first-order valence-electron chi connectivity index (χ1n) is 4.41. The van der Waals surface area contributed by atoms with Crippen molar-refractivity contribution >= 4 is 7.82 Å². The van der Waals surface area contributed by atoms with Crippen molar-refractivity contribution < 1.29 is 29.1 Å². The van der Waals surface area contributed by atoms with Crippen LogP contribution >= 0.6 is 7.82 Å². The van der Waals surface area contributed by atoms with E-state index in [4.69, 9.17) is 9.79 Å². The molecule has 0 aliphatic rings. The van der Waals surface area contributed by atoms with Crippen molar-refractivity contribution in [1.82, 2.24) is 0 Å². The first kappa shape index (κ1) is 14.0. The summed E-state index contributed by atoms with van der Waals surface area (Å²) in [6.07, 6.45) is -2.86. The minimum Gasteiger partial charge on any atom is -0.390 e. The molecular formula is C7H17O6P. The monoisotopic (exact) mass is 228 g/mol. The number of rotatable bonds is 6. The molecule has 0 spiro atoms. The number of phosphoric acid groups is 1. The highest BCUT2D eigenvalue weighted by molar-refractivity contribution is 7.46. The predicted octanol–water partition coefficient (Wildman–Crippen LogP) is 0.00610. The zero-order valence-corrected chi connectivity index (χ0v) is 9.09. The van der Waals surface area contributed by atoms with Crippen LogP contribution < -0.4 is 0 Å². The molecule has 0 aromatic rings. The van der Waals surface area contributed by atoms with E-state index < -0.39 is 26.1 Å². The summed E-state index contributed by atoms with van der Waals surface area (Å²) >= 11 is 0. The van der Waals surface area contributed by atoms with Crippen LogP contribution in [0.1, 0.15) is 26.7 Å². The standard InChI is InChI=1S/C7H17O6P/c1-3-5(8)7(9)6(4-2)13-14(10,11)12/h5-9H,3-4H2,1-2H3,(H2,10,11,12). The summed E-state index contributed by atoms with van der Waals surface area (Å²) in [5.41, 5.74) is 0. The molecule has 0 fully saturated rings. The lowest BCUT2D eigenvalue weighted by molar-refractivity contribution is -0.0583. The maximum atomic E-state index is 10.5. The van der Waals surface area contributed by atoms with Crippen molar-refractivity contribution in [3.05, 3.63) is 0 Å². The Balaban J connectivity index is 4.33. The second-order valence-corrected chi connectivity index (χ2v) is 4.20. The molecule has 3 unspecified atom stereocenters. The van der Waals surface area contributed by atoms with Crippen molar-refractivity contribution in [3.8, 4) is 0 Å². The van der Waals surface area contributed by atoms with Crippen LogP contribution in [-0.2, 0) is 9.09 Å². The van der Waals surface area contributed by atoms with E-state index in [9.17, 15) is 14.8 Å². The fourth-order valence-corrected chi connectivity index (χ4v) is 1.67. The molecule has 0 saturated heterocycles. The molecular weight excluding hydrogens is 211 g/mol. The number of aliphatic hydroxyl groups excluding tert-OH is 2. The third-order valence-corrected chi connectivity index (χ3v) is 2.41. The summed E-state index contributed by atoms with van der Waals surface area (Å²) in [6.45, 7) is 3.25. The number of hydrogen-bond acceptors (Lipinski definition) is 4. The van der Waals surface area contributed by atoms with Crippen molar-refractivity contribution in [3.63, 3.8) is 0 Å². The zero-order valence-electron chi connectivity index (χ0n) is 8.20. The molecule has 0 amide bonds. The predicted molar refractivity (Wildman–Crippen MR) is 49.5 cm³/mol. The Kier molecular flexibility index (Phi) is 5.81. The van der Waals surface area contributed by atoms with Crippen LogP contribution in [0.15, 0.2) is 0 Å². The van der Waals surface area contributed by atoms with Crippen molar-refractivity contribution in [1.29, 1.82) is 0 Å². The van der Waals surface area contributed by atoms with Gasteiger partial charge in [-0.3, -0.25) is 4.52 Å². The summed E-state index contributed by atoms with van der Waals surface area (Å²) in [5.74, 6) is 0. The molecule has 0 aliphatic carbocycles. The molecule has 0 radical (unpaired) electrons. The van der Waals surface area contributed by atoms with Crippen LogP contribution in [0.3, 0.4) is 0 Å². The van der Waals surface area contributed by atoms with Crippen LogP contribution in [0.25, 0.3) is 0 Å². The normalized spacial score (nSPS) is 19.0. The Morgan fingerprint density at radius 2 is 1.71 bits per heavy atom. The van der Waals surface area contributed by atoms with Crippen LogP contribution in [0, 0.1) is 0 Å². The van der Waals surface area contributed by atoms with Gasteiger partial charge in [-0.05, 0) is 12.8 Å².